The number of benzene rings is 3. The lowest BCUT2D eigenvalue weighted by Gasteiger charge is -2.24. The molecule has 51 heavy (non-hydrogen) atoms. The normalized spacial score (nSPS) is 23.8. The molecule has 1 saturated carbocycles. The summed E-state index contributed by atoms with van der Waals surface area (Å²) in [4.78, 5) is 0. The molecule has 2 aliphatic heterocycles. The van der Waals surface area contributed by atoms with Crippen molar-refractivity contribution >= 4 is 0 Å². The van der Waals surface area contributed by atoms with E-state index in [1.807, 2.05) is 19.9 Å². The van der Waals surface area contributed by atoms with Gasteiger partial charge in [-0.25, -0.2) is 13.2 Å². The van der Waals surface area contributed by atoms with E-state index in [9.17, 15) is 13.2 Å². The van der Waals surface area contributed by atoms with Gasteiger partial charge in [0.25, 0.3) is 0 Å². The summed E-state index contributed by atoms with van der Waals surface area (Å²) in [7, 11) is 0. The van der Waals surface area contributed by atoms with Crippen molar-refractivity contribution in [3.8, 4) is 0 Å². The molecule has 2 unspecified atom stereocenters. The van der Waals surface area contributed by atoms with Crippen molar-refractivity contribution in [2.75, 3.05) is 19.8 Å². The standard InChI is InChI=1S/C8H8F2.C8H9F.C8H16.C8H10.C7H14O.C6H12O2/c1-5-3-7(9)6(2)8(10)4-5;1-6-3-4-7(2)8(9)5-6;2*1-7-3-5-8(2)6-4-7;1-6-3-4-7(2)8-5-6;1-5-3-7-6(2)8-4-5/h3-4H,1-2H3;3-5H,1-2H3;7-8H,3-6H2,1-2H3;3-6H,1-2H3;6-7H,3-5H2,1-2H3;5-6H,3-4H2,1-2H3. The molecule has 2 saturated heterocycles. The van der Waals surface area contributed by atoms with Crippen molar-refractivity contribution in [1.82, 2.24) is 0 Å². The van der Waals surface area contributed by atoms with Crippen LogP contribution < -0.4 is 0 Å². The zero-order valence-electron chi connectivity index (χ0n) is 33.9. The lowest BCUT2D eigenvalue weighted by atomic mass is 9.84. The Morgan fingerprint density at radius 2 is 0.824 bits per heavy atom. The van der Waals surface area contributed by atoms with Crippen molar-refractivity contribution in [2.45, 2.75) is 134 Å². The van der Waals surface area contributed by atoms with Gasteiger partial charge in [0.05, 0.1) is 19.3 Å². The highest BCUT2D eigenvalue weighted by molar-refractivity contribution is 5.24. The third kappa shape index (κ3) is 22.1. The van der Waals surface area contributed by atoms with Crippen LogP contribution in [0, 0.1) is 82.7 Å². The van der Waals surface area contributed by atoms with Crippen molar-refractivity contribution in [3.63, 3.8) is 0 Å². The lowest BCUT2D eigenvalue weighted by molar-refractivity contribution is -0.187. The molecule has 3 aromatic rings. The first-order chi connectivity index (χ1) is 24.0. The van der Waals surface area contributed by atoms with Crippen LogP contribution in [0.5, 0.6) is 0 Å². The molecule has 3 nitrogen and oxygen atoms in total. The zero-order valence-corrected chi connectivity index (χ0v) is 33.9. The molecule has 0 aromatic heterocycles. The molecular weight excluding hydrogens is 645 g/mol. The van der Waals surface area contributed by atoms with Gasteiger partial charge in [-0.15, -0.1) is 0 Å². The predicted molar refractivity (Wildman–Crippen MR) is 209 cm³/mol. The molecule has 3 aromatic carbocycles. The molecule has 1 aliphatic carbocycles. The molecule has 0 N–H and O–H groups in total. The fraction of sp³-hybridized carbons (Fsp3) is 0.600. The molecule has 0 spiro atoms. The van der Waals surface area contributed by atoms with Crippen LogP contribution in [0.1, 0.15) is 113 Å². The van der Waals surface area contributed by atoms with E-state index in [-0.39, 0.29) is 17.7 Å². The van der Waals surface area contributed by atoms with E-state index in [0.29, 0.717) is 23.1 Å². The van der Waals surface area contributed by atoms with Gasteiger partial charge in [0, 0.05) is 18.1 Å². The summed E-state index contributed by atoms with van der Waals surface area (Å²) in [6.07, 6.45) is 9.03. The largest absolute Gasteiger partial charge is 0.378 e. The molecule has 6 heteroatoms. The van der Waals surface area contributed by atoms with Crippen LogP contribution >= 0.6 is 0 Å². The molecule has 2 heterocycles. The highest BCUT2D eigenvalue weighted by Crippen LogP contribution is 2.27. The quantitative estimate of drug-likeness (QED) is 0.232. The van der Waals surface area contributed by atoms with Crippen LogP contribution in [0.3, 0.4) is 0 Å². The highest BCUT2D eigenvalue weighted by Gasteiger charge is 2.15. The van der Waals surface area contributed by atoms with Crippen molar-refractivity contribution in [1.29, 1.82) is 0 Å². The fourth-order valence-corrected chi connectivity index (χ4v) is 5.24. The van der Waals surface area contributed by atoms with Gasteiger partial charge in [-0.05, 0) is 121 Å². The van der Waals surface area contributed by atoms with Gasteiger partial charge in [0.2, 0.25) is 0 Å². The monoisotopic (exact) mass is 715 g/mol. The first-order valence-corrected chi connectivity index (χ1v) is 19.0. The maximum Gasteiger partial charge on any atom is 0.154 e. The van der Waals surface area contributed by atoms with E-state index in [2.05, 4.69) is 72.7 Å². The molecule has 3 aliphatic rings. The zero-order chi connectivity index (χ0) is 38.5. The van der Waals surface area contributed by atoms with Gasteiger partial charge >= 0.3 is 0 Å². The third-order valence-electron chi connectivity index (χ3n) is 9.24. The summed E-state index contributed by atoms with van der Waals surface area (Å²) >= 11 is 0. The Morgan fingerprint density at radius 1 is 0.431 bits per heavy atom. The van der Waals surface area contributed by atoms with Crippen molar-refractivity contribution in [2.24, 2.45) is 23.7 Å². The summed E-state index contributed by atoms with van der Waals surface area (Å²) in [5.74, 6) is 2.35. The number of rotatable bonds is 0. The Bertz CT molecular complexity index is 1210. The van der Waals surface area contributed by atoms with Crippen LogP contribution in [-0.2, 0) is 14.2 Å². The van der Waals surface area contributed by atoms with Crippen LogP contribution in [-0.4, -0.2) is 32.2 Å². The number of hydrogen-bond acceptors (Lipinski definition) is 3. The van der Waals surface area contributed by atoms with Crippen LogP contribution in [0.2, 0.25) is 0 Å². The Hall–Kier alpha value is -2.67. The average Bonchev–Trinajstić information content (AvgIpc) is 3.09. The van der Waals surface area contributed by atoms with Crippen molar-refractivity contribution in [3.05, 3.63) is 105 Å². The smallest absolute Gasteiger partial charge is 0.154 e. The SMILES string of the molecule is CC1CCC(C)CC1.CC1CCC(C)OC1.CC1COC(C)OC1.Cc1cc(F)c(C)c(F)c1.Cc1ccc(C)c(F)c1.Cc1ccc(C)cc1. The molecule has 2 atom stereocenters. The average molecular weight is 715 g/mol. The van der Waals surface area contributed by atoms with Crippen LogP contribution in [0.4, 0.5) is 13.2 Å². The second-order valence-corrected chi connectivity index (χ2v) is 15.3. The molecule has 0 bridgehead atoms. The number of halogens is 3. The van der Waals surface area contributed by atoms with E-state index >= 15 is 0 Å². The highest BCUT2D eigenvalue weighted by atomic mass is 19.1. The molecular formula is C45H69F3O3. The Kier molecular flexibility index (Phi) is 23.0. The second kappa shape index (κ2) is 25.3. The van der Waals surface area contributed by atoms with E-state index in [4.69, 9.17) is 14.2 Å². The Balaban J connectivity index is 0.000000307. The first kappa shape index (κ1) is 46.4. The minimum absolute atomic E-state index is 0.0196. The van der Waals surface area contributed by atoms with Crippen molar-refractivity contribution < 1.29 is 27.4 Å². The van der Waals surface area contributed by atoms with E-state index in [1.165, 1.54) is 74.8 Å². The van der Waals surface area contributed by atoms with Gasteiger partial charge in [-0.3, -0.25) is 0 Å². The van der Waals surface area contributed by atoms with Gasteiger partial charge in [-0.1, -0.05) is 101 Å². The number of aryl methyl sites for hydroxylation is 5. The molecule has 288 valence electrons. The third-order valence-corrected chi connectivity index (χ3v) is 9.24. The van der Waals surface area contributed by atoms with Crippen LogP contribution in [0.25, 0.3) is 0 Å². The minimum atomic E-state index is -0.475. The maximum absolute atomic E-state index is 12.6. The Morgan fingerprint density at radius 3 is 1.18 bits per heavy atom. The van der Waals surface area contributed by atoms with Gasteiger partial charge < -0.3 is 14.2 Å². The van der Waals surface area contributed by atoms with Gasteiger partial charge in [0.1, 0.15) is 17.5 Å². The van der Waals surface area contributed by atoms with Crippen LogP contribution in [0.15, 0.2) is 54.6 Å². The second-order valence-electron chi connectivity index (χ2n) is 15.3. The summed E-state index contributed by atoms with van der Waals surface area (Å²) in [6.45, 7) is 26.7. The molecule has 0 amide bonds. The number of ether oxygens (including phenoxy) is 3. The van der Waals surface area contributed by atoms with E-state index in [0.717, 1.165) is 43.1 Å². The maximum atomic E-state index is 12.6. The lowest BCUT2D eigenvalue weighted by Crippen LogP contribution is -2.27. The Labute approximate surface area is 309 Å². The summed E-state index contributed by atoms with van der Waals surface area (Å²) in [6, 6.07) is 16.3. The first-order valence-electron chi connectivity index (χ1n) is 19.0. The summed E-state index contributed by atoms with van der Waals surface area (Å²) in [5.41, 5.74) is 5.04. The molecule has 6 rings (SSSR count). The summed E-state index contributed by atoms with van der Waals surface area (Å²) in [5, 5.41) is 0. The fourth-order valence-electron chi connectivity index (χ4n) is 5.24. The minimum Gasteiger partial charge on any atom is -0.378 e. The topological polar surface area (TPSA) is 27.7 Å². The molecule has 3 fully saturated rings. The molecule has 0 radical (unpaired) electrons. The predicted octanol–water partition coefficient (Wildman–Crippen LogP) is 13.0. The van der Waals surface area contributed by atoms with Gasteiger partial charge in [0.15, 0.2) is 6.29 Å². The number of hydrogen-bond donors (Lipinski definition) is 0. The summed E-state index contributed by atoms with van der Waals surface area (Å²) < 4.78 is 53.5. The van der Waals surface area contributed by atoms with Gasteiger partial charge in [-0.2, -0.15) is 0 Å². The van der Waals surface area contributed by atoms with E-state index in [1.54, 1.807) is 19.9 Å². The van der Waals surface area contributed by atoms with E-state index < -0.39 is 11.6 Å².